The van der Waals surface area contributed by atoms with Gasteiger partial charge >= 0.3 is 0 Å². The molecule has 1 aromatic carbocycles. The van der Waals surface area contributed by atoms with Crippen LogP contribution < -0.4 is 10.2 Å². The molecule has 1 rings (SSSR count). The number of hydrogen-bond acceptors (Lipinski definition) is 4. The van der Waals surface area contributed by atoms with E-state index in [4.69, 9.17) is 21.1 Å². The number of methoxy groups -OCH3 is 2. The van der Waals surface area contributed by atoms with Gasteiger partial charge in [-0.3, -0.25) is 0 Å². The lowest BCUT2D eigenvalue weighted by molar-refractivity contribution is 0.199. The first-order valence-corrected chi connectivity index (χ1v) is 7.32. The van der Waals surface area contributed by atoms with Crippen LogP contribution >= 0.6 is 11.6 Å². The van der Waals surface area contributed by atoms with E-state index in [1.54, 1.807) is 14.2 Å². The molecule has 1 N–H and O–H groups in total. The molecule has 5 heteroatoms. The molecule has 0 saturated carbocycles. The Hall–Kier alpha value is -0.810. The molecule has 0 atom stereocenters. The maximum atomic E-state index is 6.14. The molecule has 20 heavy (non-hydrogen) atoms. The first kappa shape index (κ1) is 17.2. The summed E-state index contributed by atoms with van der Waals surface area (Å²) in [5.41, 5.74) is 2.41. The Labute approximate surface area is 127 Å². The highest BCUT2D eigenvalue weighted by molar-refractivity contribution is 6.30. The number of nitrogens with one attached hydrogen (secondary N) is 1. The second-order valence-corrected chi connectivity index (χ2v) is 4.95. The van der Waals surface area contributed by atoms with Crippen molar-refractivity contribution in [1.82, 2.24) is 5.32 Å². The van der Waals surface area contributed by atoms with E-state index in [0.29, 0.717) is 13.2 Å². The molecular weight excluding hydrogens is 276 g/mol. The van der Waals surface area contributed by atoms with Gasteiger partial charge in [0, 0.05) is 51.1 Å². The predicted molar refractivity (Wildman–Crippen MR) is 84.8 cm³/mol. The van der Waals surface area contributed by atoms with E-state index in [9.17, 15) is 0 Å². The molecule has 0 spiro atoms. The van der Waals surface area contributed by atoms with Crippen molar-refractivity contribution in [2.75, 3.05) is 52.0 Å². The van der Waals surface area contributed by atoms with Crippen molar-refractivity contribution in [1.29, 1.82) is 0 Å². The summed E-state index contributed by atoms with van der Waals surface area (Å²) >= 11 is 6.14. The monoisotopic (exact) mass is 300 g/mol. The van der Waals surface area contributed by atoms with Crippen LogP contribution in [-0.4, -0.2) is 47.1 Å². The SMILES string of the molecule is CCN(CCOC)c1cc(Cl)ccc1CNCCOC. The van der Waals surface area contributed by atoms with Gasteiger partial charge in [0.2, 0.25) is 0 Å². The average Bonchev–Trinajstić information content (AvgIpc) is 2.46. The number of anilines is 1. The van der Waals surface area contributed by atoms with Crippen LogP contribution in [0.25, 0.3) is 0 Å². The third kappa shape index (κ3) is 5.67. The molecule has 0 aliphatic carbocycles. The Balaban J connectivity index is 2.76. The maximum absolute atomic E-state index is 6.14. The topological polar surface area (TPSA) is 33.7 Å². The van der Waals surface area contributed by atoms with E-state index in [1.165, 1.54) is 11.3 Å². The average molecular weight is 301 g/mol. The normalized spacial score (nSPS) is 10.8. The van der Waals surface area contributed by atoms with Crippen molar-refractivity contribution in [2.24, 2.45) is 0 Å². The molecule has 0 bridgehead atoms. The van der Waals surface area contributed by atoms with Crippen LogP contribution in [0.3, 0.4) is 0 Å². The summed E-state index contributed by atoms with van der Waals surface area (Å²) in [7, 11) is 3.43. The van der Waals surface area contributed by atoms with E-state index in [-0.39, 0.29) is 0 Å². The van der Waals surface area contributed by atoms with Gasteiger partial charge in [0.05, 0.1) is 13.2 Å². The molecule has 1 aromatic rings. The number of nitrogens with zero attached hydrogens (tertiary/aromatic N) is 1. The Bertz CT molecular complexity index is 388. The van der Waals surface area contributed by atoms with Gasteiger partial charge in [-0.15, -0.1) is 0 Å². The largest absolute Gasteiger partial charge is 0.383 e. The smallest absolute Gasteiger partial charge is 0.0637 e. The summed E-state index contributed by atoms with van der Waals surface area (Å²) in [6.45, 7) is 6.98. The van der Waals surface area contributed by atoms with Crippen LogP contribution in [0.5, 0.6) is 0 Å². The number of benzene rings is 1. The van der Waals surface area contributed by atoms with Crippen molar-refractivity contribution < 1.29 is 9.47 Å². The fourth-order valence-corrected chi connectivity index (χ4v) is 2.19. The van der Waals surface area contributed by atoms with Crippen LogP contribution in [0.15, 0.2) is 18.2 Å². The van der Waals surface area contributed by atoms with Gasteiger partial charge in [0.15, 0.2) is 0 Å². The molecule has 0 radical (unpaired) electrons. The Morgan fingerprint density at radius 2 is 1.95 bits per heavy atom. The summed E-state index contributed by atoms with van der Waals surface area (Å²) in [6.07, 6.45) is 0. The molecule has 0 amide bonds. The first-order valence-electron chi connectivity index (χ1n) is 6.94. The van der Waals surface area contributed by atoms with Gasteiger partial charge in [-0.1, -0.05) is 17.7 Å². The van der Waals surface area contributed by atoms with Crippen LogP contribution in [0, 0.1) is 0 Å². The van der Waals surface area contributed by atoms with Gasteiger partial charge in [0.25, 0.3) is 0 Å². The second kappa shape index (κ2) is 10.00. The summed E-state index contributed by atoms with van der Waals surface area (Å²) < 4.78 is 10.2. The number of ether oxygens (including phenoxy) is 2. The maximum Gasteiger partial charge on any atom is 0.0637 e. The zero-order valence-corrected chi connectivity index (χ0v) is 13.4. The zero-order chi connectivity index (χ0) is 14.8. The van der Waals surface area contributed by atoms with E-state index < -0.39 is 0 Å². The molecule has 0 saturated heterocycles. The second-order valence-electron chi connectivity index (χ2n) is 4.52. The molecule has 0 fully saturated rings. The lowest BCUT2D eigenvalue weighted by atomic mass is 10.1. The Morgan fingerprint density at radius 3 is 2.60 bits per heavy atom. The Kier molecular flexibility index (Phi) is 8.62. The number of rotatable bonds is 10. The van der Waals surface area contributed by atoms with Crippen molar-refractivity contribution in [3.05, 3.63) is 28.8 Å². The molecule has 4 nitrogen and oxygen atoms in total. The van der Waals surface area contributed by atoms with Crippen molar-refractivity contribution in [3.8, 4) is 0 Å². The number of halogens is 1. The van der Waals surface area contributed by atoms with Crippen LogP contribution in [-0.2, 0) is 16.0 Å². The molecule has 0 aliphatic heterocycles. The Morgan fingerprint density at radius 1 is 1.20 bits per heavy atom. The minimum Gasteiger partial charge on any atom is -0.383 e. The third-order valence-corrected chi connectivity index (χ3v) is 3.37. The number of likely N-dealkylation sites (N-methyl/N-ethyl adjacent to an activating group) is 1. The molecule has 0 heterocycles. The van der Waals surface area contributed by atoms with Gasteiger partial charge in [0.1, 0.15) is 0 Å². The molecule has 114 valence electrons. The standard InChI is InChI=1S/C15H25ClN2O2/c1-4-18(8-10-20-3)15-11-14(16)6-5-13(15)12-17-7-9-19-2/h5-6,11,17H,4,7-10,12H2,1-3H3. The molecule has 0 unspecified atom stereocenters. The highest BCUT2D eigenvalue weighted by Gasteiger charge is 2.10. The van der Waals surface area contributed by atoms with Gasteiger partial charge in [-0.25, -0.2) is 0 Å². The predicted octanol–water partition coefficient (Wildman–Crippen LogP) is 2.55. The van der Waals surface area contributed by atoms with E-state index in [2.05, 4.69) is 23.2 Å². The lowest BCUT2D eigenvalue weighted by Crippen LogP contribution is -2.29. The van der Waals surface area contributed by atoms with Crippen molar-refractivity contribution >= 4 is 17.3 Å². The van der Waals surface area contributed by atoms with Crippen LogP contribution in [0.4, 0.5) is 5.69 Å². The van der Waals surface area contributed by atoms with Crippen molar-refractivity contribution in [2.45, 2.75) is 13.5 Å². The van der Waals surface area contributed by atoms with Crippen LogP contribution in [0.2, 0.25) is 5.02 Å². The summed E-state index contributed by atoms with van der Waals surface area (Å²) in [4.78, 5) is 2.28. The highest BCUT2D eigenvalue weighted by atomic mass is 35.5. The summed E-state index contributed by atoms with van der Waals surface area (Å²) in [5, 5.41) is 4.13. The molecule has 0 aliphatic rings. The van der Waals surface area contributed by atoms with Gasteiger partial charge < -0.3 is 19.7 Å². The van der Waals surface area contributed by atoms with E-state index in [1.807, 2.05) is 12.1 Å². The highest BCUT2D eigenvalue weighted by Crippen LogP contribution is 2.25. The summed E-state index contributed by atoms with van der Waals surface area (Å²) in [6, 6.07) is 6.03. The zero-order valence-electron chi connectivity index (χ0n) is 12.6. The third-order valence-electron chi connectivity index (χ3n) is 3.13. The van der Waals surface area contributed by atoms with Gasteiger partial charge in [-0.2, -0.15) is 0 Å². The fourth-order valence-electron chi connectivity index (χ4n) is 2.03. The van der Waals surface area contributed by atoms with Gasteiger partial charge in [-0.05, 0) is 24.6 Å². The first-order chi connectivity index (χ1) is 9.72. The minimum atomic E-state index is 0.705. The minimum absolute atomic E-state index is 0.705. The number of hydrogen-bond donors (Lipinski definition) is 1. The molecule has 0 aromatic heterocycles. The van der Waals surface area contributed by atoms with E-state index in [0.717, 1.165) is 31.2 Å². The van der Waals surface area contributed by atoms with E-state index >= 15 is 0 Å². The molecular formula is C15H25ClN2O2. The van der Waals surface area contributed by atoms with Crippen LogP contribution in [0.1, 0.15) is 12.5 Å². The lowest BCUT2D eigenvalue weighted by Gasteiger charge is -2.26. The van der Waals surface area contributed by atoms with Crippen molar-refractivity contribution in [3.63, 3.8) is 0 Å². The fraction of sp³-hybridized carbons (Fsp3) is 0.600. The quantitative estimate of drug-likeness (QED) is 0.673. The summed E-state index contributed by atoms with van der Waals surface area (Å²) in [5.74, 6) is 0.